The number of ether oxygens (including phenoxy) is 1. The van der Waals surface area contributed by atoms with E-state index < -0.39 is 0 Å². The van der Waals surface area contributed by atoms with Crippen molar-refractivity contribution in [2.75, 3.05) is 5.32 Å². The third-order valence-electron chi connectivity index (χ3n) is 3.80. The van der Waals surface area contributed by atoms with Crippen molar-refractivity contribution in [3.63, 3.8) is 0 Å². The second-order valence-corrected chi connectivity index (χ2v) is 6.08. The first kappa shape index (κ1) is 17.0. The Morgan fingerprint density at radius 2 is 2.12 bits per heavy atom. The van der Waals surface area contributed by atoms with Gasteiger partial charge in [0.1, 0.15) is 5.75 Å². The zero-order valence-corrected chi connectivity index (χ0v) is 14.9. The van der Waals surface area contributed by atoms with E-state index in [0.717, 1.165) is 11.3 Å². The third kappa shape index (κ3) is 3.83. The van der Waals surface area contributed by atoms with Gasteiger partial charge in [0, 0.05) is 13.2 Å². The average molecular weight is 360 g/mol. The van der Waals surface area contributed by atoms with Gasteiger partial charge in [0.05, 0.1) is 22.6 Å². The molecule has 0 unspecified atom stereocenters. The highest BCUT2D eigenvalue weighted by Crippen LogP contribution is 2.25. The molecule has 0 spiro atoms. The van der Waals surface area contributed by atoms with E-state index in [4.69, 9.17) is 16.3 Å². The van der Waals surface area contributed by atoms with Gasteiger partial charge < -0.3 is 10.1 Å². The summed E-state index contributed by atoms with van der Waals surface area (Å²) in [5, 5.41) is 11.6. The van der Waals surface area contributed by atoms with Crippen LogP contribution in [0.15, 0.2) is 36.7 Å². The molecule has 1 N–H and O–H groups in total. The zero-order chi connectivity index (χ0) is 18.0. The van der Waals surface area contributed by atoms with Crippen LogP contribution in [0, 0.1) is 13.8 Å². The monoisotopic (exact) mass is 359 g/mol. The average Bonchev–Trinajstić information content (AvgIpc) is 3.18. The fourth-order valence-electron chi connectivity index (χ4n) is 2.22. The lowest BCUT2D eigenvalue weighted by Gasteiger charge is -2.08. The summed E-state index contributed by atoms with van der Waals surface area (Å²) in [6.07, 6.45) is 3.28. The Hall–Kier alpha value is -2.80. The molecule has 8 heteroatoms. The summed E-state index contributed by atoms with van der Waals surface area (Å²) >= 11 is 6.10. The molecule has 1 amide bonds. The predicted molar refractivity (Wildman–Crippen MR) is 94.9 cm³/mol. The fourth-order valence-corrected chi connectivity index (χ4v) is 2.39. The maximum absolute atomic E-state index is 12.3. The van der Waals surface area contributed by atoms with Crippen LogP contribution in [0.1, 0.15) is 21.7 Å². The SMILES string of the molecule is Cc1ccc(Cl)c(OCn2ccc(C(=O)Nc3cnn(C)c3C)n2)c1. The molecule has 0 saturated carbocycles. The lowest BCUT2D eigenvalue weighted by molar-refractivity contribution is 0.102. The molecule has 0 aliphatic rings. The van der Waals surface area contributed by atoms with Crippen LogP contribution in [0.3, 0.4) is 0 Å². The molecule has 2 aromatic heterocycles. The van der Waals surface area contributed by atoms with Gasteiger partial charge in [-0.3, -0.25) is 9.48 Å². The first-order valence-electron chi connectivity index (χ1n) is 7.66. The molecule has 1 aromatic carbocycles. The van der Waals surface area contributed by atoms with Gasteiger partial charge in [0.25, 0.3) is 5.91 Å². The molecule has 0 atom stereocenters. The normalized spacial score (nSPS) is 10.7. The van der Waals surface area contributed by atoms with Crippen LogP contribution in [0.25, 0.3) is 0 Å². The molecule has 25 heavy (non-hydrogen) atoms. The van der Waals surface area contributed by atoms with Gasteiger partial charge in [0.15, 0.2) is 12.4 Å². The van der Waals surface area contributed by atoms with Crippen LogP contribution in [0.4, 0.5) is 5.69 Å². The first-order valence-corrected chi connectivity index (χ1v) is 8.04. The minimum atomic E-state index is -0.302. The highest BCUT2D eigenvalue weighted by Gasteiger charge is 2.13. The number of aromatic nitrogens is 4. The molecule has 3 rings (SSSR count). The zero-order valence-electron chi connectivity index (χ0n) is 14.2. The van der Waals surface area contributed by atoms with Crippen molar-refractivity contribution in [2.45, 2.75) is 20.6 Å². The number of halogens is 1. The van der Waals surface area contributed by atoms with Crippen molar-refractivity contribution in [1.29, 1.82) is 0 Å². The molecule has 0 radical (unpaired) electrons. The minimum Gasteiger partial charge on any atom is -0.470 e. The molecule has 7 nitrogen and oxygen atoms in total. The number of carbonyl (C=O) groups is 1. The van der Waals surface area contributed by atoms with Crippen LogP contribution in [0.2, 0.25) is 5.02 Å². The minimum absolute atomic E-state index is 0.155. The summed E-state index contributed by atoms with van der Waals surface area (Å²) in [4.78, 5) is 12.3. The van der Waals surface area contributed by atoms with Crippen molar-refractivity contribution >= 4 is 23.2 Å². The molecule has 0 fully saturated rings. The number of nitrogens with one attached hydrogen (secondary N) is 1. The van der Waals surface area contributed by atoms with E-state index >= 15 is 0 Å². The van der Waals surface area contributed by atoms with Gasteiger partial charge in [-0.1, -0.05) is 17.7 Å². The van der Waals surface area contributed by atoms with E-state index in [2.05, 4.69) is 15.5 Å². The Kier molecular flexibility index (Phi) is 4.76. The Morgan fingerprint density at radius 1 is 1.32 bits per heavy atom. The van der Waals surface area contributed by atoms with Crippen molar-refractivity contribution < 1.29 is 9.53 Å². The second kappa shape index (κ2) is 6.98. The number of hydrogen-bond acceptors (Lipinski definition) is 4. The fraction of sp³-hybridized carbons (Fsp3) is 0.235. The summed E-state index contributed by atoms with van der Waals surface area (Å²) in [6, 6.07) is 7.17. The molecule has 0 bridgehead atoms. The van der Waals surface area contributed by atoms with E-state index in [0.29, 0.717) is 22.2 Å². The van der Waals surface area contributed by atoms with Crippen LogP contribution in [-0.4, -0.2) is 25.5 Å². The number of amides is 1. The van der Waals surface area contributed by atoms with E-state index in [1.807, 2.05) is 33.0 Å². The Morgan fingerprint density at radius 3 is 2.84 bits per heavy atom. The number of benzene rings is 1. The Bertz CT molecular complexity index is 916. The number of anilines is 1. The maximum Gasteiger partial charge on any atom is 0.276 e. The standard InChI is InChI=1S/C17H18ClN5O2/c1-11-4-5-13(18)16(8-11)25-10-23-7-6-14(21-23)17(24)20-15-9-19-22(3)12(15)2/h4-9H,10H2,1-3H3,(H,20,24). The van der Waals surface area contributed by atoms with Crippen molar-refractivity contribution in [3.05, 3.63) is 58.6 Å². The number of hydrogen-bond donors (Lipinski definition) is 1. The van der Waals surface area contributed by atoms with Gasteiger partial charge in [-0.25, -0.2) is 4.68 Å². The lowest BCUT2D eigenvalue weighted by Crippen LogP contribution is -2.14. The summed E-state index contributed by atoms with van der Waals surface area (Å²) in [5.41, 5.74) is 2.86. The molecular formula is C17H18ClN5O2. The van der Waals surface area contributed by atoms with Crippen molar-refractivity contribution in [1.82, 2.24) is 19.6 Å². The summed E-state index contributed by atoms with van der Waals surface area (Å²) in [7, 11) is 1.81. The molecular weight excluding hydrogens is 342 g/mol. The van der Waals surface area contributed by atoms with E-state index in [1.165, 1.54) is 4.68 Å². The molecule has 0 aliphatic heterocycles. The van der Waals surface area contributed by atoms with Crippen LogP contribution < -0.4 is 10.1 Å². The highest BCUT2D eigenvalue weighted by atomic mass is 35.5. The Labute approximate surface area is 150 Å². The molecule has 2 heterocycles. The van der Waals surface area contributed by atoms with E-state index in [9.17, 15) is 4.79 Å². The summed E-state index contributed by atoms with van der Waals surface area (Å²) < 4.78 is 8.88. The first-order chi connectivity index (χ1) is 11.9. The van der Waals surface area contributed by atoms with Gasteiger partial charge in [-0.05, 0) is 37.6 Å². The largest absolute Gasteiger partial charge is 0.470 e. The highest BCUT2D eigenvalue weighted by molar-refractivity contribution is 6.32. The number of rotatable bonds is 5. The van der Waals surface area contributed by atoms with Gasteiger partial charge in [-0.15, -0.1) is 0 Å². The van der Waals surface area contributed by atoms with Gasteiger partial charge in [-0.2, -0.15) is 10.2 Å². The van der Waals surface area contributed by atoms with Crippen molar-refractivity contribution in [3.8, 4) is 5.75 Å². The van der Waals surface area contributed by atoms with Crippen LogP contribution >= 0.6 is 11.6 Å². The smallest absolute Gasteiger partial charge is 0.276 e. The summed E-state index contributed by atoms with van der Waals surface area (Å²) in [5.74, 6) is 0.276. The molecule has 3 aromatic rings. The molecule has 0 aliphatic carbocycles. The van der Waals surface area contributed by atoms with Crippen LogP contribution in [0.5, 0.6) is 5.75 Å². The van der Waals surface area contributed by atoms with Gasteiger partial charge >= 0.3 is 0 Å². The lowest BCUT2D eigenvalue weighted by atomic mass is 10.2. The number of carbonyl (C=O) groups excluding carboxylic acids is 1. The van der Waals surface area contributed by atoms with Crippen LogP contribution in [-0.2, 0) is 13.8 Å². The van der Waals surface area contributed by atoms with E-state index in [-0.39, 0.29) is 12.6 Å². The molecule has 130 valence electrons. The van der Waals surface area contributed by atoms with Gasteiger partial charge in [0.2, 0.25) is 0 Å². The second-order valence-electron chi connectivity index (χ2n) is 5.67. The maximum atomic E-state index is 12.3. The quantitative estimate of drug-likeness (QED) is 0.759. The third-order valence-corrected chi connectivity index (χ3v) is 4.11. The van der Waals surface area contributed by atoms with Crippen molar-refractivity contribution in [2.24, 2.45) is 7.05 Å². The Balaban J connectivity index is 1.64. The predicted octanol–water partition coefficient (Wildman–Crippen LogP) is 3.18. The summed E-state index contributed by atoms with van der Waals surface area (Å²) in [6.45, 7) is 3.99. The van der Waals surface area contributed by atoms with E-state index in [1.54, 1.807) is 29.2 Å². The number of aryl methyl sites for hydroxylation is 2. The number of nitrogens with zero attached hydrogens (tertiary/aromatic N) is 4. The topological polar surface area (TPSA) is 74.0 Å². The molecule has 0 saturated heterocycles.